The van der Waals surface area contributed by atoms with E-state index in [1.54, 1.807) is 17.6 Å². The number of carbonyl (C=O) groups is 1. The highest BCUT2D eigenvalue weighted by Crippen LogP contribution is 2.36. The first kappa shape index (κ1) is 23.3. The minimum Gasteiger partial charge on any atom is -0.505 e. The number of thiazole rings is 1. The Morgan fingerprint density at radius 3 is 2.83 bits per heavy atom. The van der Waals surface area contributed by atoms with Crippen LogP contribution in [0.15, 0.2) is 49.9 Å². The van der Waals surface area contributed by atoms with E-state index in [2.05, 4.69) is 14.7 Å². The van der Waals surface area contributed by atoms with E-state index >= 15 is 0 Å². The second-order valence-corrected chi connectivity index (χ2v) is 11.5. The molecular formula is C20H14ClN5O6S3. The summed E-state index contributed by atoms with van der Waals surface area (Å²) in [6.07, 6.45) is 1.54. The summed E-state index contributed by atoms with van der Waals surface area (Å²) in [6.45, 7) is -0.319. The van der Waals surface area contributed by atoms with Gasteiger partial charge in [0.25, 0.3) is 21.5 Å². The number of benzene rings is 1. The van der Waals surface area contributed by atoms with Gasteiger partial charge in [0.05, 0.1) is 22.4 Å². The molecule has 1 aliphatic rings. The maximum Gasteiger partial charge on any atom is 0.286 e. The summed E-state index contributed by atoms with van der Waals surface area (Å²) in [5.74, 6) is -1.33. The van der Waals surface area contributed by atoms with Crippen molar-refractivity contribution in [3.63, 3.8) is 0 Å². The first-order valence-corrected chi connectivity index (χ1v) is 13.3. The molecule has 180 valence electrons. The van der Waals surface area contributed by atoms with Crippen molar-refractivity contribution < 1.29 is 23.1 Å². The van der Waals surface area contributed by atoms with E-state index in [9.17, 15) is 23.1 Å². The molecule has 3 aromatic heterocycles. The van der Waals surface area contributed by atoms with E-state index in [0.29, 0.717) is 19.6 Å². The molecule has 0 bridgehead atoms. The number of anilines is 1. The number of nitrogens with two attached hydrogens (primary N) is 1. The van der Waals surface area contributed by atoms with Crippen LogP contribution in [-0.2, 0) is 21.4 Å². The van der Waals surface area contributed by atoms with Crippen LogP contribution in [0.4, 0.5) is 5.69 Å². The molecule has 35 heavy (non-hydrogen) atoms. The Kier molecular flexibility index (Phi) is 5.75. The van der Waals surface area contributed by atoms with Crippen molar-refractivity contribution in [3.05, 3.63) is 61.1 Å². The number of aromatic hydroxyl groups is 1. The Morgan fingerprint density at radius 1 is 1.31 bits per heavy atom. The summed E-state index contributed by atoms with van der Waals surface area (Å²) in [5.41, 5.74) is 4.71. The normalized spacial score (nSPS) is 14.3. The van der Waals surface area contributed by atoms with Crippen LogP contribution in [0.2, 0.25) is 4.47 Å². The number of pyridine rings is 1. The molecule has 4 aromatic rings. The number of nitrogens with zero attached hydrogens (tertiary/aromatic N) is 3. The standard InChI is InChI=1S/C20H14ClN5O6S3/c21-20-23-6-10(34-20)7-26-12-3-4-33-17(12)16(28)15(19(26)29)18-24-11-2-1-9(32-8-14(22)27)5-13(11)35(30,31)25-18/h1-6,28H,7-8H2,(H2,22,27)(H,24,25). The number of fused-ring (bicyclic) bond motifs is 2. The lowest BCUT2D eigenvalue weighted by atomic mass is 10.2. The number of aromatic nitrogens is 2. The van der Waals surface area contributed by atoms with E-state index in [0.717, 1.165) is 0 Å². The second-order valence-electron chi connectivity index (χ2n) is 7.28. The van der Waals surface area contributed by atoms with Crippen molar-refractivity contribution in [2.24, 2.45) is 10.1 Å². The summed E-state index contributed by atoms with van der Waals surface area (Å²) in [7, 11) is -4.29. The van der Waals surface area contributed by atoms with E-state index in [4.69, 9.17) is 22.1 Å². The van der Waals surface area contributed by atoms with Crippen molar-refractivity contribution in [2.75, 3.05) is 11.9 Å². The van der Waals surface area contributed by atoms with Gasteiger partial charge in [0, 0.05) is 17.1 Å². The van der Waals surface area contributed by atoms with Crippen molar-refractivity contribution >= 4 is 71.9 Å². The lowest BCUT2D eigenvalue weighted by Crippen LogP contribution is -2.32. The number of carbonyl (C=O) groups excluding carboxylic acids is 1. The number of thiophene rings is 1. The summed E-state index contributed by atoms with van der Waals surface area (Å²) in [6, 6.07) is 5.70. The Hall–Kier alpha value is -3.46. The van der Waals surface area contributed by atoms with Gasteiger partial charge < -0.3 is 25.5 Å². The van der Waals surface area contributed by atoms with Crippen molar-refractivity contribution in [1.82, 2.24) is 9.55 Å². The molecule has 1 aromatic carbocycles. The number of rotatable bonds is 6. The average molecular weight is 552 g/mol. The van der Waals surface area contributed by atoms with Crippen LogP contribution in [0.1, 0.15) is 10.4 Å². The maximum absolute atomic E-state index is 13.5. The molecule has 0 saturated heterocycles. The van der Waals surface area contributed by atoms with E-state index in [-0.39, 0.29) is 40.0 Å². The lowest BCUT2D eigenvalue weighted by molar-refractivity contribution is -0.119. The molecule has 0 unspecified atom stereocenters. The summed E-state index contributed by atoms with van der Waals surface area (Å²) in [5, 5.41) is 15.5. The van der Waals surface area contributed by atoms with Crippen LogP contribution in [0.5, 0.6) is 11.5 Å². The summed E-state index contributed by atoms with van der Waals surface area (Å²) < 4.78 is 37.0. The highest BCUT2D eigenvalue weighted by Gasteiger charge is 2.31. The van der Waals surface area contributed by atoms with Gasteiger partial charge in [0.15, 0.2) is 22.7 Å². The fourth-order valence-electron chi connectivity index (χ4n) is 3.53. The summed E-state index contributed by atoms with van der Waals surface area (Å²) in [4.78, 5) is 28.9. The number of nitrogens with one attached hydrogen (secondary N) is 1. The molecule has 11 nitrogen and oxygen atoms in total. The van der Waals surface area contributed by atoms with Crippen LogP contribution in [0.3, 0.4) is 0 Å². The predicted octanol–water partition coefficient (Wildman–Crippen LogP) is 2.35. The predicted molar refractivity (Wildman–Crippen MR) is 132 cm³/mol. The van der Waals surface area contributed by atoms with Gasteiger partial charge in [-0.1, -0.05) is 11.6 Å². The monoisotopic (exact) mass is 551 g/mol. The van der Waals surface area contributed by atoms with Gasteiger partial charge in [-0.2, -0.15) is 8.42 Å². The topological polar surface area (TPSA) is 166 Å². The van der Waals surface area contributed by atoms with Gasteiger partial charge in [-0.15, -0.1) is 27.1 Å². The van der Waals surface area contributed by atoms with Crippen molar-refractivity contribution in [2.45, 2.75) is 11.4 Å². The number of hydrogen-bond acceptors (Lipinski definition) is 10. The number of hydrogen-bond donors (Lipinski definition) is 3. The van der Waals surface area contributed by atoms with Crippen LogP contribution in [-0.4, -0.2) is 41.4 Å². The Balaban J connectivity index is 1.62. The smallest absolute Gasteiger partial charge is 0.286 e. The van der Waals surface area contributed by atoms with Gasteiger partial charge in [-0.05, 0) is 23.6 Å². The Labute approximate surface area is 210 Å². The van der Waals surface area contributed by atoms with Crippen molar-refractivity contribution in [3.8, 4) is 11.5 Å². The first-order valence-electron chi connectivity index (χ1n) is 9.75. The first-order chi connectivity index (χ1) is 16.6. The highest BCUT2D eigenvalue weighted by molar-refractivity contribution is 7.90. The molecular weight excluding hydrogens is 538 g/mol. The van der Waals surface area contributed by atoms with Gasteiger partial charge in [-0.3, -0.25) is 9.59 Å². The minimum absolute atomic E-state index is 0.0972. The fourth-order valence-corrected chi connectivity index (χ4v) is 6.48. The van der Waals surface area contributed by atoms with Gasteiger partial charge in [0.1, 0.15) is 16.2 Å². The molecule has 1 aliphatic heterocycles. The molecule has 0 spiro atoms. The second kappa shape index (κ2) is 8.64. The van der Waals surface area contributed by atoms with Gasteiger partial charge in [-0.25, -0.2) is 4.98 Å². The number of amides is 1. The molecule has 4 heterocycles. The SMILES string of the molecule is NC(=O)COc1ccc2c(c1)S(=O)(=O)N=C(c1c(O)c3sccc3n(Cc3cnc(Cl)s3)c1=O)N2. The fraction of sp³-hybridized carbons (Fsp3) is 0.100. The summed E-state index contributed by atoms with van der Waals surface area (Å²) >= 11 is 8.31. The van der Waals surface area contributed by atoms with Crippen LogP contribution < -0.4 is 21.3 Å². The number of halogens is 1. The zero-order chi connectivity index (χ0) is 24.9. The lowest BCUT2D eigenvalue weighted by Gasteiger charge is -2.20. The molecule has 0 radical (unpaired) electrons. The largest absolute Gasteiger partial charge is 0.505 e. The molecule has 0 aliphatic carbocycles. The highest BCUT2D eigenvalue weighted by atomic mass is 35.5. The molecule has 0 saturated carbocycles. The van der Waals surface area contributed by atoms with E-state index in [1.165, 1.54) is 45.4 Å². The molecule has 1 amide bonds. The number of ether oxygens (including phenoxy) is 1. The number of primary amides is 1. The minimum atomic E-state index is -4.29. The third kappa shape index (κ3) is 4.25. The van der Waals surface area contributed by atoms with Crippen LogP contribution >= 0.6 is 34.3 Å². The third-order valence-electron chi connectivity index (χ3n) is 5.00. The molecule has 5 rings (SSSR count). The average Bonchev–Trinajstić information content (AvgIpc) is 3.44. The van der Waals surface area contributed by atoms with E-state index < -0.39 is 28.1 Å². The third-order valence-corrected chi connectivity index (χ3v) is 8.33. The number of sulfonamides is 1. The Bertz CT molecular complexity index is 1710. The molecule has 0 atom stereocenters. The molecule has 0 fully saturated rings. The van der Waals surface area contributed by atoms with E-state index in [1.807, 2.05) is 0 Å². The van der Waals surface area contributed by atoms with Crippen LogP contribution in [0.25, 0.3) is 10.2 Å². The maximum atomic E-state index is 13.5. The molecule has 4 N–H and O–H groups in total. The Morgan fingerprint density at radius 2 is 2.11 bits per heavy atom. The quantitative estimate of drug-likeness (QED) is 0.328. The molecule has 15 heteroatoms. The zero-order valence-electron chi connectivity index (χ0n) is 17.4. The van der Waals surface area contributed by atoms with Crippen molar-refractivity contribution in [1.29, 1.82) is 0 Å². The van der Waals surface area contributed by atoms with Crippen LogP contribution in [0, 0.1) is 0 Å². The van der Waals surface area contributed by atoms with Gasteiger partial charge in [0.2, 0.25) is 0 Å². The van der Waals surface area contributed by atoms with Gasteiger partial charge >= 0.3 is 0 Å². The number of amidine groups is 1. The zero-order valence-corrected chi connectivity index (χ0v) is 20.6.